The predicted octanol–water partition coefficient (Wildman–Crippen LogP) is 2.12. The van der Waals surface area contributed by atoms with Gasteiger partial charge in [0.2, 0.25) is 0 Å². The Morgan fingerprint density at radius 3 is 2.92 bits per heavy atom. The molecule has 0 unspecified atom stereocenters. The van der Waals surface area contributed by atoms with Crippen molar-refractivity contribution in [3.63, 3.8) is 0 Å². The molecule has 1 aromatic carbocycles. The second-order valence-electron chi connectivity index (χ2n) is 2.70. The van der Waals surface area contributed by atoms with E-state index in [1.165, 1.54) is 0 Å². The molecule has 0 radical (unpaired) electrons. The van der Waals surface area contributed by atoms with Gasteiger partial charge >= 0.3 is 0 Å². The van der Waals surface area contributed by atoms with Crippen LogP contribution < -0.4 is 4.74 Å². The van der Waals surface area contributed by atoms with Crippen molar-refractivity contribution in [3.8, 4) is 5.75 Å². The van der Waals surface area contributed by atoms with Crippen LogP contribution in [0.3, 0.4) is 0 Å². The molecular formula is C9H9ClO2. The van der Waals surface area contributed by atoms with E-state index in [9.17, 15) is 0 Å². The van der Waals surface area contributed by atoms with Crippen LogP contribution in [0.5, 0.6) is 5.75 Å². The first kappa shape index (κ1) is 7.90. The molecule has 0 bridgehead atoms. The summed E-state index contributed by atoms with van der Waals surface area (Å²) in [5.74, 6) is 0.731. The van der Waals surface area contributed by atoms with Crippen LogP contribution in [0.4, 0.5) is 0 Å². The van der Waals surface area contributed by atoms with E-state index in [1.54, 1.807) is 0 Å². The van der Waals surface area contributed by atoms with Crippen LogP contribution in [0.15, 0.2) is 24.3 Å². The topological polar surface area (TPSA) is 21.8 Å². The van der Waals surface area contributed by atoms with Crippen LogP contribution in [0, 0.1) is 0 Å². The van der Waals surface area contributed by atoms with E-state index in [1.807, 2.05) is 24.3 Å². The first-order valence-electron chi connectivity index (χ1n) is 3.85. The summed E-state index contributed by atoms with van der Waals surface area (Å²) in [6.45, 7) is 1.41. The van der Waals surface area contributed by atoms with E-state index in [0.717, 1.165) is 12.4 Å². The highest BCUT2D eigenvalue weighted by Crippen LogP contribution is 2.24. The third-order valence-electron chi connectivity index (χ3n) is 1.66. The van der Waals surface area contributed by atoms with E-state index in [4.69, 9.17) is 21.1 Å². The first-order valence-corrected chi connectivity index (χ1v) is 4.23. The molecule has 1 saturated heterocycles. The lowest BCUT2D eigenvalue weighted by Gasteiger charge is -2.04. The summed E-state index contributed by atoms with van der Waals surface area (Å²) in [5.41, 5.74) is 0. The highest BCUT2D eigenvalue weighted by molar-refractivity contribution is 6.32. The standard InChI is InChI=1S/C9H9ClO2/c10-8-3-1-2-4-9(8)12-6-7-5-11-7/h1-4,7H,5-6H2/t7-/m1/s1. The van der Waals surface area contributed by atoms with Crippen LogP contribution >= 0.6 is 11.6 Å². The van der Waals surface area contributed by atoms with Crippen molar-refractivity contribution in [2.24, 2.45) is 0 Å². The Morgan fingerprint density at radius 2 is 2.25 bits per heavy atom. The molecule has 64 valence electrons. The summed E-state index contributed by atoms with van der Waals surface area (Å²) in [6, 6.07) is 7.44. The molecular weight excluding hydrogens is 176 g/mol. The molecule has 0 N–H and O–H groups in total. The summed E-state index contributed by atoms with van der Waals surface area (Å²) < 4.78 is 10.4. The molecule has 0 aromatic heterocycles. The van der Waals surface area contributed by atoms with Crippen LogP contribution in [-0.2, 0) is 4.74 Å². The van der Waals surface area contributed by atoms with Gasteiger partial charge in [-0.25, -0.2) is 0 Å². The molecule has 3 heteroatoms. The van der Waals surface area contributed by atoms with Crippen LogP contribution in [0.1, 0.15) is 0 Å². The van der Waals surface area contributed by atoms with E-state index in [0.29, 0.717) is 11.6 Å². The summed E-state index contributed by atoms with van der Waals surface area (Å²) >= 11 is 5.86. The maximum atomic E-state index is 5.86. The lowest BCUT2D eigenvalue weighted by atomic mass is 10.3. The van der Waals surface area contributed by atoms with Gasteiger partial charge in [-0.15, -0.1) is 0 Å². The fraction of sp³-hybridized carbons (Fsp3) is 0.333. The SMILES string of the molecule is Clc1ccccc1OC[C@H]1CO1. The number of epoxide rings is 1. The molecule has 1 aromatic rings. The Kier molecular flexibility index (Phi) is 2.19. The Labute approximate surface area is 76.1 Å². The highest BCUT2D eigenvalue weighted by atomic mass is 35.5. The molecule has 1 heterocycles. The third-order valence-corrected chi connectivity index (χ3v) is 1.98. The largest absolute Gasteiger partial charge is 0.489 e. The second-order valence-corrected chi connectivity index (χ2v) is 3.10. The number of halogens is 1. The summed E-state index contributed by atoms with van der Waals surface area (Å²) in [4.78, 5) is 0. The van der Waals surface area contributed by atoms with Crippen molar-refractivity contribution in [2.45, 2.75) is 6.10 Å². The molecule has 1 aliphatic heterocycles. The molecule has 1 atom stereocenters. The molecule has 0 spiro atoms. The third kappa shape index (κ3) is 1.90. The van der Waals surface area contributed by atoms with Gasteiger partial charge < -0.3 is 9.47 Å². The van der Waals surface area contributed by atoms with Gasteiger partial charge in [0.15, 0.2) is 0 Å². The van der Waals surface area contributed by atoms with Gasteiger partial charge in [0.1, 0.15) is 18.5 Å². The van der Waals surface area contributed by atoms with Gasteiger partial charge in [0.05, 0.1) is 11.6 Å². The zero-order valence-corrected chi connectivity index (χ0v) is 7.25. The summed E-state index contributed by atoms with van der Waals surface area (Å²) in [7, 11) is 0. The molecule has 0 saturated carbocycles. The lowest BCUT2D eigenvalue weighted by molar-refractivity contribution is 0.263. The lowest BCUT2D eigenvalue weighted by Crippen LogP contribution is -2.03. The van der Waals surface area contributed by atoms with Gasteiger partial charge in [-0.05, 0) is 12.1 Å². The fourth-order valence-corrected chi connectivity index (χ4v) is 1.10. The van der Waals surface area contributed by atoms with Crippen molar-refractivity contribution in [1.82, 2.24) is 0 Å². The Balaban J connectivity index is 1.96. The minimum absolute atomic E-state index is 0.279. The van der Waals surface area contributed by atoms with Gasteiger partial charge in [-0.1, -0.05) is 23.7 Å². The Hall–Kier alpha value is -0.730. The second kappa shape index (κ2) is 3.33. The van der Waals surface area contributed by atoms with Crippen molar-refractivity contribution in [3.05, 3.63) is 29.3 Å². The van der Waals surface area contributed by atoms with Gasteiger partial charge in [0.25, 0.3) is 0 Å². The normalized spacial score (nSPS) is 20.6. The number of ether oxygens (including phenoxy) is 2. The van der Waals surface area contributed by atoms with Crippen LogP contribution in [0.25, 0.3) is 0 Å². The number of para-hydroxylation sites is 1. The predicted molar refractivity (Wildman–Crippen MR) is 46.7 cm³/mol. The van der Waals surface area contributed by atoms with Crippen molar-refractivity contribution < 1.29 is 9.47 Å². The maximum Gasteiger partial charge on any atom is 0.138 e. The Bertz CT molecular complexity index is 271. The average molecular weight is 185 g/mol. The molecule has 1 fully saturated rings. The number of rotatable bonds is 3. The fourth-order valence-electron chi connectivity index (χ4n) is 0.909. The van der Waals surface area contributed by atoms with E-state index >= 15 is 0 Å². The van der Waals surface area contributed by atoms with Crippen LogP contribution in [0.2, 0.25) is 5.02 Å². The number of hydrogen-bond donors (Lipinski definition) is 0. The quantitative estimate of drug-likeness (QED) is 0.672. The zero-order chi connectivity index (χ0) is 8.39. The maximum absolute atomic E-state index is 5.86. The number of hydrogen-bond acceptors (Lipinski definition) is 2. The van der Waals surface area contributed by atoms with Gasteiger partial charge in [0, 0.05) is 0 Å². The van der Waals surface area contributed by atoms with E-state index in [-0.39, 0.29) is 6.10 Å². The van der Waals surface area contributed by atoms with Crippen molar-refractivity contribution >= 4 is 11.6 Å². The van der Waals surface area contributed by atoms with Crippen molar-refractivity contribution in [2.75, 3.05) is 13.2 Å². The smallest absolute Gasteiger partial charge is 0.138 e. The van der Waals surface area contributed by atoms with Gasteiger partial charge in [-0.2, -0.15) is 0 Å². The van der Waals surface area contributed by atoms with Crippen molar-refractivity contribution in [1.29, 1.82) is 0 Å². The Morgan fingerprint density at radius 1 is 1.50 bits per heavy atom. The van der Waals surface area contributed by atoms with Crippen LogP contribution in [-0.4, -0.2) is 19.3 Å². The monoisotopic (exact) mass is 184 g/mol. The van der Waals surface area contributed by atoms with Gasteiger partial charge in [-0.3, -0.25) is 0 Å². The first-order chi connectivity index (χ1) is 5.86. The minimum Gasteiger partial charge on any atom is -0.489 e. The molecule has 2 rings (SSSR count). The molecule has 1 aliphatic rings. The number of benzene rings is 1. The zero-order valence-electron chi connectivity index (χ0n) is 6.50. The minimum atomic E-state index is 0.279. The molecule has 0 aliphatic carbocycles. The molecule has 2 nitrogen and oxygen atoms in total. The average Bonchev–Trinajstić information content (AvgIpc) is 2.86. The molecule has 12 heavy (non-hydrogen) atoms. The highest BCUT2D eigenvalue weighted by Gasteiger charge is 2.23. The van der Waals surface area contributed by atoms with E-state index in [2.05, 4.69) is 0 Å². The summed E-state index contributed by atoms with van der Waals surface area (Å²) in [5, 5.41) is 0.651. The molecule has 0 amide bonds. The summed E-state index contributed by atoms with van der Waals surface area (Å²) in [6.07, 6.45) is 0.279. The van der Waals surface area contributed by atoms with E-state index < -0.39 is 0 Å².